The molecule has 0 aromatic heterocycles. The fraction of sp³-hybridized carbons (Fsp3) is 0.0943. The van der Waals surface area contributed by atoms with Crippen molar-refractivity contribution < 1.29 is 0 Å². The van der Waals surface area contributed by atoms with Gasteiger partial charge in [0.15, 0.2) is 0 Å². The number of para-hydroxylation sites is 1. The second-order valence-corrected chi connectivity index (χ2v) is 15.4. The van der Waals surface area contributed by atoms with E-state index in [1.54, 1.807) is 0 Å². The lowest BCUT2D eigenvalue weighted by molar-refractivity contribution is 0.556. The normalized spacial score (nSPS) is 16.5. The highest BCUT2D eigenvalue weighted by molar-refractivity contribution is 5.96. The zero-order valence-corrected chi connectivity index (χ0v) is 31.2. The number of rotatable bonds is 7. The third-order valence-corrected chi connectivity index (χ3v) is 11.8. The lowest BCUT2D eigenvalue weighted by Crippen LogP contribution is -2.26. The Morgan fingerprint density at radius 1 is 0.473 bits per heavy atom. The Morgan fingerprint density at radius 3 is 1.47 bits per heavy atom. The highest BCUT2D eigenvalue weighted by Crippen LogP contribution is 2.60. The fourth-order valence-electron chi connectivity index (χ4n) is 9.17. The Bertz CT molecular complexity index is 2510. The number of nitrogens with zero attached hydrogens (tertiary/aromatic N) is 2. The van der Waals surface area contributed by atoms with E-state index in [0.717, 1.165) is 23.5 Å². The van der Waals surface area contributed by atoms with Gasteiger partial charge in [-0.1, -0.05) is 159 Å². The monoisotopic (exact) mass is 706 g/mol. The molecule has 1 heterocycles. The highest BCUT2D eigenvalue weighted by atomic mass is 15.2. The van der Waals surface area contributed by atoms with Gasteiger partial charge in [-0.3, -0.25) is 0 Å². The first-order valence-electron chi connectivity index (χ1n) is 19.4. The number of benzene rings is 7. The number of fused-ring (bicyclic) bond motifs is 4. The predicted molar refractivity (Wildman–Crippen MR) is 231 cm³/mol. The third kappa shape index (κ3) is 5.65. The van der Waals surface area contributed by atoms with E-state index in [4.69, 9.17) is 0 Å². The summed E-state index contributed by atoms with van der Waals surface area (Å²) in [6.45, 7) is 4.83. The van der Waals surface area contributed by atoms with Crippen molar-refractivity contribution in [1.29, 1.82) is 0 Å². The average molecular weight is 707 g/mol. The number of hydrogen-bond donors (Lipinski definition) is 0. The number of hydrogen-bond acceptors (Lipinski definition) is 2. The maximum absolute atomic E-state index is 2.54. The van der Waals surface area contributed by atoms with E-state index < -0.39 is 0 Å². The predicted octanol–water partition coefficient (Wildman–Crippen LogP) is 14.0. The van der Waals surface area contributed by atoms with Crippen LogP contribution in [0.3, 0.4) is 0 Å². The van der Waals surface area contributed by atoms with Gasteiger partial charge >= 0.3 is 0 Å². The van der Waals surface area contributed by atoms with Gasteiger partial charge in [0.25, 0.3) is 0 Å². The van der Waals surface area contributed by atoms with Crippen LogP contribution in [0.2, 0.25) is 0 Å². The summed E-state index contributed by atoms with van der Waals surface area (Å²) >= 11 is 0. The number of anilines is 4. The molecule has 0 saturated carbocycles. The molecule has 0 bridgehead atoms. The van der Waals surface area contributed by atoms with Crippen LogP contribution in [0, 0.1) is 5.92 Å². The van der Waals surface area contributed by atoms with Crippen LogP contribution in [-0.4, -0.2) is 0 Å². The van der Waals surface area contributed by atoms with Crippen LogP contribution < -0.4 is 9.80 Å². The van der Waals surface area contributed by atoms with Crippen LogP contribution in [-0.2, 0) is 5.41 Å². The van der Waals surface area contributed by atoms with E-state index in [1.165, 1.54) is 67.2 Å². The zero-order chi connectivity index (χ0) is 36.9. The summed E-state index contributed by atoms with van der Waals surface area (Å²) < 4.78 is 0. The van der Waals surface area contributed by atoms with Crippen LogP contribution in [0.4, 0.5) is 22.7 Å². The summed E-state index contributed by atoms with van der Waals surface area (Å²) in [5.74, 6) is 0.306. The van der Waals surface area contributed by atoms with Crippen LogP contribution in [0.25, 0.3) is 33.5 Å². The summed E-state index contributed by atoms with van der Waals surface area (Å²) in [6, 6.07) is 68.2. The largest absolute Gasteiger partial charge is 0.313 e. The second-order valence-electron chi connectivity index (χ2n) is 15.4. The molecule has 0 N–H and O–H groups in total. The van der Waals surface area contributed by atoms with Gasteiger partial charge < -0.3 is 9.80 Å². The van der Waals surface area contributed by atoms with E-state index >= 15 is 0 Å². The molecule has 55 heavy (non-hydrogen) atoms. The molecule has 0 radical (unpaired) electrons. The topological polar surface area (TPSA) is 6.48 Å². The molecule has 0 fully saturated rings. The molecule has 0 amide bonds. The van der Waals surface area contributed by atoms with Gasteiger partial charge in [-0.2, -0.15) is 0 Å². The summed E-state index contributed by atoms with van der Waals surface area (Å²) in [5, 5.41) is 0. The van der Waals surface area contributed by atoms with Gasteiger partial charge in [-0.05, 0) is 106 Å². The summed E-state index contributed by atoms with van der Waals surface area (Å²) in [7, 11) is 0. The molecular formula is C53H42N2. The van der Waals surface area contributed by atoms with Crippen LogP contribution in [0.1, 0.15) is 37.0 Å². The van der Waals surface area contributed by atoms with E-state index in [-0.39, 0.29) is 5.41 Å². The lowest BCUT2D eigenvalue weighted by atomic mass is 9.72. The smallest absolute Gasteiger partial charge is 0.0541 e. The zero-order valence-electron chi connectivity index (χ0n) is 31.2. The summed E-state index contributed by atoms with van der Waals surface area (Å²) in [4.78, 5) is 4.90. The fourth-order valence-corrected chi connectivity index (χ4v) is 9.17. The van der Waals surface area contributed by atoms with Crippen LogP contribution in [0.15, 0.2) is 211 Å². The van der Waals surface area contributed by atoms with Gasteiger partial charge in [0.1, 0.15) is 0 Å². The van der Waals surface area contributed by atoms with Gasteiger partial charge in [0.2, 0.25) is 0 Å². The molecule has 0 saturated heterocycles. The van der Waals surface area contributed by atoms with Gasteiger partial charge in [0, 0.05) is 45.3 Å². The Balaban J connectivity index is 1.01. The van der Waals surface area contributed by atoms with Crippen molar-refractivity contribution in [1.82, 2.24) is 0 Å². The van der Waals surface area contributed by atoms with Gasteiger partial charge in [-0.15, -0.1) is 0 Å². The standard InChI is InChI=1S/C53H42N2/c1-53(2)49-21-13-12-20-47(49)52-51(53)48-36-42(28-35-50(48)55(52)43-18-10-5-11-19-43)41-26-33-46(34-27-41)54(44-29-22-39(23-30-44)37-14-6-3-7-15-37)45-31-24-40(25-32-45)38-16-8-4-9-17-38/h3-35,48H,36H2,1-2H3. The maximum atomic E-state index is 2.54. The SMILES string of the molecule is CC1(C)C2=C(c3ccccc31)N(c1ccccc1)C1=CC=C(c3ccc(N(c4ccc(-c5ccccc5)cc4)c4ccc(-c5ccccc5)cc4)cc3)CC12. The van der Waals surface area contributed by atoms with E-state index in [2.05, 4.69) is 224 Å². The Morgan fingerprint density at radius 2 is 0.927 bits per heavy atom. The first-order valence-corrected chi connectivity index (χ1v) is 19.4. The van der Waals surface area contributed by atoms with Crippen LogP contribution in [0.5, 0.6) is 0 Å². The minimum atomic E-state index is -0.0574. The molecule has 2 nitrogen and oxygen atoms in total. The van der Waals surface area contributed by atoms with Crippen LogP contribution >= 0.6 is 0 Å². The molecule has 3 aliphatic rings. The van der Waals surface area contributed by atoms with Crippen molar-refractivity contribution in [2.75, 3.05) is 9.80 Å². The molecule has 1 unspecified atom stereocenters. The minimum absolute atomic E-state index is 0.0574. The average Bonchev–Trinajstić information content (AvgIpc) is 3.72. The summed E-state index contributed by atoms with van der Waals surface area (Å²) in [5.41, 5.74) is 19.1. The van der Waals surface area contributed by atoms with Crippen molar-refractivity contribution in [2.24, 2.45) is 5.92 Å². The van der Waals surface area contributed by atoms with Gasteiger partial charge in [0.05, 0.1) is 5.70 Å². The molecule has 2 aliphatic carbocycles. The molecule has 2 heteroatoms. The van der Waals surface area contributed by atoms with Crippen molar-refractivity contribution >= 4 is 34.0 Å². The van der Waals surface area contributed by atoms with E-state index in [1.807, 2.05) is 0 Å². The molecule has 264 valence electrons. The molecule has 1 atom stereocenters. The molecule has 7 aromatic rings. The highest BCUT2D eigenvalue weighted by Gasteiger charge is 2.50. The summed E-state index contributed by atoms with van der Waals surface area (Å²) in [6.07, 6.45) is 5.72. The van der Waals surface area contributed by atoms with Gasteiger partial charge in [-0.25, -0.2) is 0 Å². The van der Waals surface area contributed by atoms with E-state index in [9.17, 15) is 0 Å². The number of allylic oxidation sites excluding steroid dienone is 4. The molecule has 7 aromatic carbocycles. The second kappa shape index (κ2) is 13.3. The van der Waals surface area contributed by atoms with Crippen molar-refractivity contribution in [2.45, 2.75) is 25.7 Å². The quantitative estimate of drug-likeness (QED) is 0.163. The lowest BCUT2D eigenvalue weighted by Gasteiger charge is -2.34. The molecular weight excluding hydrogens is 665 g/mol. The first kappa shape index (κ1) is 33.0. The first-order chi connectivity index (χ1) is 27.0. The molecule has 10 rings (SSSR count). The van der Waals surface area contributed by atoms with Crippen molar-refractivity contribution in [3.63, 3.8) is 0 Å². The Labute approximate surface area is 324 Å². The Kier molecular flexibility index (Phi) is 7.99. The molecule has 1 aliphatic heterocycles. The molecule has 0 spiro atoms. The van der Waals surface area contributed by atoms with E-state index in [0.29, 0.717) is 5.92 Å². The minimum Gasteiger partial charge on any atom is -0.313 e. The third-order valence-electron chi connectivity index (χ3n) is 11.8. The van der Waals surface area contributed by atoms with Crippen molar-refractivity contribution in [3.05, 3.63) is 228 Å². The van der Waals surface area contributed by atoms with Crippen molar-refractivity contribution in [3.8, 4) is 22.3 Å². The Hall–Kier alpha value is -6.64. The maximum Gasteiger partial charge on any atom is 0.0541 e.